The second-order valence-electron chi connectivity index (χ2n) is 7.44. The fraction of sp³-hybridized carbons (Fsp3) is 0.364. The molecule has 0 bridgehead atoms. The molecule has 0 unspecified atom stereocenters. The standard InChI is InChI=1S/C22H29NO3/c1-15-12-13-17-18(20(15)25-16(2)9-8-14-23)10-7-11-19(17)26-22(5,6)21(3,4)24/h7-13,24H,2,14,23H2,1,3-6H3/b9-8-. The van der Waals surface area contributed by atoms with Gasteiger partial charge in [-0.3, -0.25) is 0 Å². The second kappa shape index (κ2) is 7.52. The van der Waals surface area contributed by atoms with Gasteiger partial charge >= 0.3 is 0 Å². The van der Waals surface area contributed by atoms with Crippen LogP contribution in [0.4, 0.5) is 0 Å². The molecule has 26 heavy (non-hydrogen) atoms. The zero-order chi connectivity index (χ0) is 19.5. The molecule has 0 aliphatic rings. The predicted octanol–water partition coefficient (Wildman–Crippen LogP) is 4.48. The number of fused-ring (bicyclic) bond motifs is 1. The maximum Gasteiger partial charge on any atom is 0.138 e. The minimum Gasteiger partial charge on any atom is -0.484 e. The SMILES string of the molecule is C=C(/C=C\CN)Oc1c(C)ccc2c(OC(C)(C)C(C)(C)O)cccc12. The van der Waals surface area contributed by atoms with Crippen molar-refractivity contribution in [1.29, 1.82) is 0 Å². The molecule has 0 aromatic heterocycles. The Morgan fingerprint density at radius 3 is 2.46 bits per heavy atom. The van der Waals surface area contributed by atoms with Gasteiger partial charge in [0.05, 0.1) is 5.60 Å². The van der Waals surface area contributed by atoms with Crippen molar-refractivity contribution >= 4 is 10.8 Å². The Morgan fingerprint density at radius 1 is 1.15 bits per heavy atom. The van der Waals surface area contributed by atoms with Gasteiger partial charge in [-0.1, -0.05) is 36.9 Å². The normalized spacial score (nSPS) is 12.6. The summed E-state index contributed by atoms with van der Waals surface area (Å²) in [6.45, 7) is 13.6. The van der Waals surface area contributed by atoms with Gasteiger partial charge in [0.2, 0.25) is 0 Å². The third-order valence-electron chi connectivity index (χ3n) is 4.68. The smallest absolute Gasteiger partial charge is 0.138 e. The number of ether oxygens (including phenoxy) is 2. The van der Waals surface area contributed by atoms with Crippen molar-refractivity contribution < 1.29 is 14.6 Å². The molecule has 0 aliphatic carbocycles. The molecule has 4 heteroatoms. The molecule has 0 saturated carbocycles. The third kappa shape index (κ3) is 4.26. The fourth-order valence-electron chi connectivity index (χ4n) is 2.40. The van der Waals surface area contributed by atoms with Gasteiger partial charge in [0.1, 0.15) is 22.9 Å². The van der Waals surface area contributed by atoms with E-state index < -0.39 is 11.2 Å². The number of benzene rings is 2. The van der Waals surface area contributed by atoms with Crippen molar-refractivity contribution in [2.75, 3.05) is 6.54 Å². The highest BCUT2D eigenvalue weighted by Crippen LogP contribution is 2.38. The van der Waals surface area contributed by atoms with E-state index in [1.165, 1.54) is 0 Å². The quantitative estimate of drug-likeness (QED) is 0.567. The van der Waals surface area contributed by atoms with E-state index in [0.717, 1.165) is 22.1 Å². The largest absolute Gasteiger partial charge is 0.484 e. The van der Waals surface area contributed by atoms with Crippen molar-refractivity contribution in [1.82, 2.24) is 0 Å². The molecule has 3 N–H and O–H groups in total. The number of aryl methyl sites for hydroxylation is 1. The van der Waals surface area contributed by atoms with Crippen LogP contribution in [0.2, 0.25) is 0 Å². The fourth-order valence-corrected chi connectivity index (χ4v) is 2.40. The van der Waals surface area contributed by atoms with E-state index in [1.54, 1.807) is 26.0 Å². The van der Waals surface area contributed by atoms with Crippen molar-refractivity contribution in [2.24, 2.45) is 5.73 Å². The lowest BCUT2D eigenvalue weighted by Gasteiger charge is -2.37. The molecule has 0 radical (unpaired) electrons. The molecule has 2 aromatic carbocycles. The monoisotopic (exact) mass is 355 g/mol. The Labute approximate surface area is 155 Å². The van der Waals surface area contributed by atoms with Gasteiger partial charge in [-0.05, 0) is 52.3 Å². The minimum absolute atomic E-state index is 0.431. The van der Waals surface area contributed by atoms with Crippen LogP contribution in [-0.4, -0.2) is 22.9 Å². The van der Waals surface area contributed by atoms with Gasteiger partial charge in [-0.2, -0.15) is 0 Å². The van der Waals surface area contributed by atoms with Crippen molar-refractivity contribution in [3.05, 3.63) is 60.4 Å². The third-order valence-corrected chi connectivity index (χ3v) is 4.68. The second-order valence-corrected chi connectivity index (χ2v) is 7.44. The minimum atomic E-state index is -1.000. The first-order chi connectivity index (χ1) is 12.1. The van der Waals surface area contributed by atoms with E-state index in [-0.39, 0.29) is 0 Å². The van der Waals surface area contributed by atoms with Crippen LogP contribution in [0.25, 0.3) is 10.8 Å². The van der Waals surface area contributed by atoms with Gasteiger partial charge in [0, 0.05) is 17.3 Å². The van der Waals surface area contributed by atoms with Crippen LogP contribution < -0.4 is 15.2 Å². The van der Waals surface area contributed by atoms with Gasteiger partial charge < -0.3 is 20.3 Å². The van der Waals surface area contributed by atoms with Crippen molar-refractivity contribution in [2.45, 2.75) is 45.8 Å². The summed E-state index contributed by atoms with van der Waals surface area (Å²) >= 11 is 0. The van der Waals surface area contributed by atoms with E-state index in [4.69, 9.17) is 15.2 Å². The highest BCUT2D eigenvalue weighted by molar-refractivity contribution is 5.94. The van der Waals surface area contributed by atoms with Crippen molar-refractivity contribution in [3.63, 3.8) is 0 Å². The lowest BCUT2D eigenvalue weighted by Crippen LogP contribution is -2.49. The molecule has 0 saturated heterocycles. The van der Waals surface area contributed by atoms with Crippen LogP contribution in [-0.2, 0) is 0 Å². The highest BCUT2D eigenvalue weighted by Gasteiger charge is 2.37. The van der Waals surface area contributed by atoms with Crippen LogP contribution in [0.5, 0.6) is 11.5 Å². The van der Waals surface area contributed by atoms with Crippen LogP contribution in [0.3, 0.4) is 0 Å². The molecule has 140 valence electrons. The topological polar surface area (TPSA) is 64.7 Å². The molecule has 0 amide bonds. The number of hydrogen-bond acceptors (Lipinski definition) is 4. The Balaban J connectivity index is 2.50. The summed E-state index contributed by atoms with van der Waals surface area (Å²) in [4.78, 5) is 0. The number of nitrogens with two attached hydrogens (primary N) is 1. The molecular weight excluding hydrogens is 326 g/mol. The van der Waals surface area contributed by atoms with E-state index in [0.29, 0.717) is 18.1 Å². The summed E-state index contributed by atoms with van der Waals surface area (Å²) in [5.74, 6) is 1.96. The van der Waals surface area contributed by atoms with Gasteiger partial charge in [0.25, 0.3) is 0 Å². The number of hydrogen-bond donors (Lipinski definition) is 2. The summed E-state index contributed by atoms with van der Waals surface area (Å²) in [5.41, 5.74) is 4.72. The highest BCUT2D eigenvalue weighted by atomic mass is 16.5. The van der Waals surface area contributed by atoms with Gasteiger partial charge in [-0.25, -0.2) is 0 Å². The average molecular weight is 355 g/mol. The Hall–Kier alpha value is -2.30. The van der Waals surface area contributed by atoms with Crippen LogP contribution >= 0.6 is 0 Å². The van der Waals surface area contributed by atoms with Crippen LogP contribution in [0.1, 0.15) is 33.3 Å². The Morgan fingerprint density at radius 2 is 1.85 bits per heavy atom. The Kier molecular flexibility index (Phi) is 5.79. The van der Waals surface area contributed by atoms with Crippen LogP contribution in [0, 0.1) is 6.92 Å². The number of allylic oxidation sites excluding steroid dienone is 1. The molecule has 2 aromatic rings. The first-order valence-corrected chi connectivity index (χ1v) is 8.74. The summed E-state index contributed by atoms with van der Waals surface area (Å²) < 4.78 is 12.2. The van der Waals surface area contributed by atoms with Gasteiger partial charge in [0.15, 0.2) is 0 Å². The lowest BCUT2D eigenvalue weighted by atomic mass is 9.89. The van der Waals surface area contributed by atoms with E-state index in [9.17, 15) is 5.11 Å². The first kappa shape index (κ1) is 20.0. The molecule has 0 atom stereocenters. The summed E-state index contributed by atoms with van der Waals surface area (Å²) in [6.07, 6.45) is 3.55. The van der Waals surface area contributed by atoms with E-state index >= 15 is 0 Å². The molecule has 0 spiro atoms. The summed E-state index contributed by atoms with van der Waals surface area (Å²) in [7, 11) is 0. The number of rotatable bonds is 7. The van der Waals surface area contributed by atoms with E-state index in [1.807, 2.05) is 51.1 Å². The molecule has 0 aliphatic heterocycles. The summed E-state index contributed by atoms with van der Waals surface area (Å²) in [5, 5.41) is 12.2. The summed E-state index contributed by atoms with van der Waals surface area (Å²) in [6, 6.07) is 9.80. The maximum atomic E-state index is 10.4. The predicted molar refractivity (Wildman–Crippen MR) is 108 cm³/mol. The maximum absolute atomic E-state index is 10.4. The van der Waals surface area contributed by atoms with Gasteiger partial charge in [-0.15, -0.1) is 0 Å². The van der Waals surface area contributed by atoms with Crippen molar-refractivity contribution in [3.8, 4) is 11.5 Å². The van der Waals surface area contributed by atoms with E-state index in [2.05, 4.69) is 6.58 Å². The molecular formula is C22H29NO3. The zero-order valence-corrected chi connectivity index (χ0v) is 16.3. The Bertz CT molecular complexity index is 829. The first-order valence-electron chi connectivity index (χ1n) is 8.74. The lowest BCUT2D eigenvalue weighted by molar-refractivity contribution is -0.0899. The number of aliphatic hydroxyl groups is 1. The van der Waals surface area contributed by atoms with Crippen LogP contribution in [0.15, 0.2) is 54.8 Å². The zero-order valence-electron chi connectivity index (χ0n) is 16.3. The molecule has 4 nitrogen and oxygen atoms in total. The molecule has 0 fully saturated rings. The average Bonchev–Trinajstić information content (AvgIpc) is 2.54. The molecule has 2 rings (SSSR count). The molecule has 0 heterocycles.